The Labute approximate surface area is 70.1 Å². The maximum atomic E-state index is 2.18. The van der Waals surface area contributed by atoms with E-state index in [1.807, 2.05) is 0 Å². The van der Waals surface area contributed by atoms with Crippen LogP contribution in [0.2, 0.25) is 0 Å². The standard InChI is InChI=1S/C12H8/c1-2-10-4-3-9(1)11-5-7-12(10)8-6-11/h1-8H. The smallest absolute Gasteiger partial charge is 0.0184 e. The minimum absolute atomic E-state index is 1.31. The van der Waals surface area contributed by atoms with Gasteiger partial charge >= 0.3 is 0 Å². The molecule has 56 valence electrons. The lowest BCUT2D eigenvalue weighted by Crippen LogP contribution is -1.80. The van der Waals surface area contributed by atoms with Gasteiger partial charge in [-0.2, -0.15) is 0 Å². The molecular formula is C12H8. The van der Waals surface area contributed by atoms with Crippen LogP contribution >= 0.6 is 0 Å². The molecule has 0 saturated heterocycles. The third-order valence-electron chi connectivity index (χ3n) is 2.44. The first-order valence-corrected chi connectivity index (χ1v) is 4.14. The number of rotatable bonds is 0. The van der Waals surface area contributed by atoms with E-state index in [1.165, 1.54) is 20.9 Å². The highest BCUT2D eigenvalue weighted by Gasteiger charge is 1.89. The van der Waals surface area contributed by atoms with Crippen LogP contribution in [0.5, 0.6) is 0 Å². The maximum Gasteiger partial charge on any atom is -0.0184 e. The van der Waals surface area contributed by atoms with Crippen molar-refractivity contribution < 1.29 is 0 Å². The molecule has 4 bridgehead atoms. The zero-order chi connectivity index (χ0) is 7.97. The zero-order valence-corrected chi connectivity index (χ0v) is 6.62. The SMILES string of the molecule is c1cc2ccc1=c1ccc=2cc1. The number of hydrogen-bond donors (Lipinski definition) is 0. The van der Waals surface area contributed by atoms with Gasteiger partial charge in [-0.25, -0.2) is 0 Å². The molecule has 0 unspecified atom stereocenters. The summed E-state index contributed by atoms with van der Waals surface area (Å²) in [6.07, 6.45) is 0. The van der Waals surface area contributed by atoms with Crippen molar-refractivity contribution in [2.24, 2.45) is 0 Å². The van der Waals surface area contributed by atoms with E-state index in [1.54, 1.807) is 0 Å². The van der Waals surface area contributed by atoms with E-state index in [2.05, 4.69) is 48.5 Å². The van der Waals surface area contributed by atoms with Gasteiger partial charge in [0.2, 0.25) is 0 Å². The molecule has 0 atom stereocenters. The van der Waals surface area contributed by atoms with Crippen LogP contribution in [0, 0.1) is 20.9 Å². The van der Waals surface area contributed by atoms with Crippen LogP contribution in [0.1, 0.15) is 0 Å². The van der Waals surface area contributed by atoms with Crippen molar-refractivity contribution in [1.82, 2.24) is 0 Å². The van der Waals surface area contributed by atoms with Gasteiger partial charge in [-0.15, -0.1) is 0 Å². The van der Waals surface area contributed by atoms with Crippen LogP contribution in [0.25, 0.3) is 0 Å². The molecule has 0 heteroatoms. The van der Waals surface area contributed by atoms with Crippen LogP contribution in [0.15, 0.2) is 48.5 Å². The average molecular weight is 152 g/mol. The van der Waals surface area contributed by atoms with Gasteiger partial charge in [0.1, 0.15) is 0 Å². The van der Waals surface area contributed by atoms with Crippen LogP contribution in [0.3, 0.4) is 0 Å². The lowest BCUT2D eigenvalue weighted by molar-refractivity contribution is 1.38. The van der Waals surface area contributed by atoms with E-state index in [-0.39, 0.29) is 0 Å². The average Bonchev–Trinajstić information content (AvgIpc) is 2.13. The van der Waals surface area contributed by atoms with Crippen LogP contribution in [-0.2, 0) is 0 Å². The Hall–Kier alpha value is -1.56. The molecule has 0 aliphatic heterocycles. The fourth-order valence-electron chi connectivity index (χ4n) is 1.71. The molecule has 2 aromatic rings. The fraction of sp³-hybridized carbons (Fsp3) is 0. The van der Waals surface area contributed by atoms with Crippen molar-refractivity contribution in [3.8, 4) is 0 Å². The van der Waals surface area contributed by atoms with E-state index in [4.69, 9.17) is 0 Å². The predicted molar refractivity (Wildman–Crippen MR) is 48.2 cm³/mol. The second kappa shape index (κ2) is 1.98. The zero-order valence-electron chi connectivity index (χ0n) is 6.62. The molecule has 0 amide bonds. The Bertz CT molecular complexity index is 451. The van der Waals surface area contributed by atoms with E-state index in [0.717, 1.165) is 0 Å². The molecule has 0 spiro atoms. The van der Waals surface area contributed by atoms with Crippen LogP contribution < -0.4 is 0 Å². The van der Waals surface area contributed by atoms with Crippen molar-refractivity contribution in [2.45, 2.75) is 0 Å². The summed E-state index contributed by atoms with van der Waals surface area (Å²) in [6.45, 7) is 0. The van der Waals surface area contributed by atoms with Gasteiger partial charge in [0, 0.05) is 0 Å². The van der Waals surface area contributed by atoms with E-state index in [0.29, 0.717) is 0 Å². The molecule has 6 rings (SSSR count). The lowest BCUT2D eigenvalue weighted by atomic mass is 10.1. The van der Waals surface area contributed by atoms with Gasteiger partial charge in [0.05, 0.1) is 0 Å². The van der Waals surface area contributed by atoms with Crippen molar-refractivity contribution in [3.63, 3.8) is 0 Å². The molecule has 4 aliphatic rings. The minimum Gasteiger partial charge on any atom is -0.0538 e. The van der Waals surface area contributed by atoms with Crippen molar-refractivity contribution in [2.75, 3.05) is 0 Å². The first kappa shape index (κ1) is 6.01. The fourth-order valence-corrected chi connectivity index (χ4v) is 1.71. The topological polar surface area (TPSA) is 0 Å². The summed E-state index contributed by atoms with van der Waals surface area (Å²) in [5.74, 6) is 0. The summed E-state index contributed by atoms with van der Waals surface area (Å²) >= 11 is 0. The second-order valence-corrected chi connectivity index (χ2v) is 3.15. The molecule has 0 N–H and O–H groups in total. The van der Waals surface area contributed by atoms with Gasteiger partial charge in [-0.1, -0.05) is 48.5 Å². The first-order chi connectivity index (χ1) is 5.93. The molecule has 0 aromatic heterocycles. The molecule has 0 radical (unpaired) electrons. The Kier molecular flexibility index (Phi) is 0.991. The van der Waals surface area contributed by atoms with Crippen molar-refractivity contribution in [1.29, 1.82) is 0 Å². The molecule has 0 nitrogen and oxygen atoms in total. The lowest BCUT2D eigenvalue weighted by Gasteiger charge is -1.95. The van der Waals surface area contributed by atoms with Crippen LogP contribution in [0.4, 0.5) is 0 Å². The molecule has 4 aliphatic carbocycles. The molecule has 2 aromatic carbocycles. The second-order valence-electron chi connectivity index (χ2n) is 3.15. The van der Waals surface area contributed by atoms with Gasteiger partial charge in [0.15, 0.2) is 0 Å². The molecule has 0 heterocycles. The minimum atomic E-state index is 1.31. The maximum absolute atomic E-state index is 2.18. The van der Waals surface area contributed by atoms with Gasteiger partial charge in [0.25, 0.3) is 0 Å². The molecule has 0 saturated carbocycles. The summed E-state index contributed by atoms with van der Waals surface area (Å²) < 4.78 is 0. The van der Waals surface area contributed by atoms with E-state index < -0.39 is 0 Å². The Morgan fingerprint density at radius 2 is 0.500 bits per heavy atom. The highest BCUT2D eigenvalue weighted by atomic mass is 13.9. The predicted octanol–water partition coefficient (Wildman–Crippen LogP) is 2.57. The van der Waals surface area contributed by atoms with Crippen molar-refractivity contribution >= 4 is 0 Å². The summed E-state index contributed by atoms with van der Waals surface area (Å²) in [4.78, 5) is 0. The quantitative estimate of drug-likeness (QED) is 0.464. The Morgan fingerprint density at radius 1 is 0.333 bits per heavy atom. The third-order valence-corrected chi connectivity index (χ3v) is 2.44. The Morgan fingerprint density at radius 3 is 0.667 bits per heavy atom. The van der Waals surface area contributed by atoms with Crippen LogP contribution in [-0.4, -0.2) is 0 Å². The summed E-state index contributed by atoms with van der Waals surface area (Å²) in [5, 5.41) is 5.24. The first-order valence-electron chi connectivity index (χ1n) is 4.14. The third kappa shape index (κ3) is 0.668. The summed E-state index contributed by atoms with van der Waals surface area (Å²) in [6, 6.07) is 17.4. The number of hydrogen-bond acceptors (Lipinski definition) is 0. The van der Waals surface area contributed by atoms with Gasteiger partial charge in [-0.3, -0.25) is 0 Å². The monoisotopic (exact) mass is 152 g/mol. The normalized spacial score (nSPS) is 11.3. The number of benzene rings is 2. The van der Waals surface area contributed by atoms with Gasteiger partial charge in [-0.05, 0) is 20.9 Å². The highest BCUT2D eigenvalue weighted by molar-refractivity contribution is 5.23. The van der Waals surface area contributed by atoms with E-state index in [9.17, 15) is 0 Å². The Balaban J connectivity index is 2.98. The summed E-state index contributed by atoms with van der Waals surface area (Å²) in [5.41, 5.74) is 0. The van der Waals surface area contributed by atoms with E-state index >= 15 is 0 Å². The molecule has 0 fully saturated rings. The summed E-state index contributed by atoms with van der Waals surface area (Å²) in [7, 11) is 0. The van der Waals surface area contributed by atoms with Gasteiger partial charge < -0.3 is 0 Å². The largest absolute Gasteiger partial charge is 0.0538 e. The highest BCUT2D eigenvalue weighted by Crippen LogP contribution is 2.05. The van der Waals surface area contributed by atoms with Crippen molar-refractivity contribution in [3.05, 3.63) is 69.4 Å². The molecule has 12 heavy (non-hydrogen) atoms. The molecular weight excluding hydrogens is 144 g/mol.